The first-order valence-corrected chi connectivity index (χ1v) is 8.26. The molecule has 0 aromatic carbocycles. The molecular formula is C16H32N2. The Labute approximate surface area is 113 Å². The summed E-state index contributed by atoms with van der Waals surface area (Å²) in [6.45, 7) is 6.33. The Bertz CT molecular complexity index is 229. The van der Waals surface area contributed by atoms with Gasteiger partial charge in [0.15, 0.2) is 0 Å². The minimum atomic E-state index is 0.489. The second-order valence-corrected chi connectivity index (χ2v) is 6.68. The standard InChI is InChI=1S/C16H32N2/c1-2-5-14-7-4-10-18(11-9-14)13-15-6-3-8-16(17)12-15/h14-16H,2-13,17H2,1H3. The fourth-order valence-corrected chi connectivity index (χ4v) is 3.97. The van der Waals surface area contributed by atoms with Crippen LogP contribution in [0.25, 0.3) is 0 Å². The van der Waals surface area contributed by atoms with Gasteiger partial charge in [0, 0.05) is 12.6 Å². The van der Waals surface area contributed by atoms with Crippen molar-refractivity contribution in [3.63, 3.8) is 0 Å². The molecule has 3 unspecified atom stereocenters. The largest absolute Gasteiger partial charge is 0.328 e. The Morgan fingerprint density at radius 3 is 2.61 bits per heavy atom. The lowest BCUT2D eigenvalue weighted by atomic mass is 9.86. The van der Waals surface area contributed by atoms with Crippen LogP contribution in [0.15, 0.2) is 0 Å². The summed E-state index contributed by atoms with van der Waals surface area (Å²) in [4.78, 5) is 2.73. The second kappa shape index (κ2) is 7.49. The van der Waals surface area contributed by atoms with Gasteiger partial charge in [-0.1, -0.05) is 26.2 Å². The quantitative estimate of drug-likeness (QED) is 0.831. The molecule has 1 saturated heterocycles. The fourth-order valence-electron chi connectivity index (χ4n) is 3.97. The van der Waals surface area contributed by atoms with Crippen LogP contribution in [-0.4, -0.2) is 30.6 Å². The van der Waals surface area contributed by atoms with Crippen LogP contribution in [0.4, 0.5) is 0 Å². The molecule has 1 heterocycles. The van der Waals surface area contributed by atoms with Gasteiger partial charge in [0.05, 0.1) is 0 Å². The molecule has 2 aliphatic rings. The fraction of sp³-hybridized carbons (Fsp3) is 1.00. The molecule has 3 atom stereocenters. The van der Waals surface area contributed by atoms with Crippen LogP contribution in [0, 0.1) is 11.8 Å². The number of nitrogens with two attached hydrogens (primary N) is 1. The van der Waals surface area contributed by atoms with Gasteiger partial charge in [-0.3, -0.25) is 0 Å². The molecule has 2 rings (SSSR count). The van der Waals surface area contributed by atoms with E-state index in [1.54, 1.807) is 0 Å². The average molecular weight is 252 g/mol. The van der Waals surface area contributed by atoms with Gasteiger partial charge in [0.1, 0.15) is 0 Å². The SMILES string of the molecule is CCCC1CCCN(CC2CCCC(N)C2)CC1. The summed E-state index contributed by atoms with van der Waals surface area (Å²) in [5.41, 5.74) is 6.10. The van der Waals surface area contributed by atoms with Crippen molar-refractivity contribution in [3.05, 3.63) is 0 Å². The minimum absolute atomic E-state index is 0.489. The lowest BCUT2D eigenvalue weighted by Gasteiger charge is -2.31. The predicted molar refractivity (Wildman–Crippen MR) is 78.6 cm³/mol. The summed E-state index contributed by atoms with van der Waals surface area (Å²) >= 11 is 0. The molecule has 1 saturated carbocycles. The van der Waals surface area contributed by atoms with Crippen molar-refractivity contribution in [1.29, 1.82) is 0 Å². The first kappa shape index (κ1) is 14.3. The van der Waals surface area contributed by atoms with Gasteiger partial charge < -0.3 is 10.6 Å². The van der Waals surface area contributed by atoms with E-state index in [4.69, 9.17) is 5.73 Å². The maximum absolute atomic E-state index is 6.10. The summed E-state index contributed by atoms with van der Waals surface area (Å²) < 4.78 is 0. The molecular weight excluding hydrogens is 220 g/mol. The zero-order chi connectivity index (χ0) is 12.8. The van der Waals surface area contributed by atoms with Crippen molar-refractivity contribution in [2.45, 2.75) is 70.8 Å². The highest BCUT2D eigenvalue weighted by Gasteiger charge is 2.23. The van der Waals surface area contributed by atoms with E-state index in [0.717, 1.165) is 11.8 Å². The molecule has 0 bridgehead atoms. The number of hydrogen-bond acceptors (Lipinski definition) is 2. The lowest BCUT2D eigenvalue weighted by Crippen LogP contribution is -2.36. The van der Waals surface area contributed by atoms with Gasteiger partial charge in [-0.25, -0.2) is 0 Å². The van der Waals surface area contributed by atoms with Crippen molar-refractivity contribution < 1.29 is 0 Å². The molecule has 1 aliphatic carbocycles. The van der Waals surface area contributed by atoms with Gasteiger partial charge in [-0.15, -0.1) is 0 Å². The van der Waals surface area contributed by atoms with Gasteiger partial charge in [0.2, 0.25) is 0 Å². The van der Waals surface area contributed by atoms with Crippen LogP contribution in [0.5, 0.6) is 0 Å². The molecule has 0 spiro atoms. The van der Waals surface area contributed by atoms with Gasteiger partial charge in [-0.05, 0) is 63.5 Å². The van der Waals surface area contributed by atoms with Crippen molar-refractivity contribution in [2.24, 2.45) is 17.6 Å². The van der Waals surface area contributed by atoms with Crippen LogP contribution >= 0.6 is 0 Å². The van der Waals surface area contributed by atoms with Crippen molar-refractivity contribution >= 4 is 0 Å². The first-order valence-electron chi connectivity index (χ1n) is 8.26. The molecule has 2 N–H and O–H groups in total. The zero-order valence-corrected chi connectivity index (χ0v) is 12.2. The lowest BCUT2D eigenvalue weighted by molar-refractivity contribution is 0.195. The molecule has 2 fully saturated rings. The summed E-state index contributed by atoms with van der Waals surface area (Å²) in [7, 11) is 0. The molecule has 1 aliphatic heterocycles. The molecule has 106 valence electrons. The van der Waals surface area contributed by atoms with Crippen LogP contribution in [-0.2, 0) is 0 Å². The molecule has 18 heavy (non-hydrogen) atoms. The molecule has 2 nitrogen and oxygen atoms in total. The zero-order valence-electron chi connectivity index (χ0n) is 12.2. The summed E-state index contributed by atoms with van der Waals surface area (Å²) in [6, 6.07) is 0.489. The Hall–Kier alpha value is -0.0800. The number of likely N-dealkylation sites (tertiary alicyclic amines) is 1. The summed E-state index contributed by atoms with van der Waals surface area (Å²) in [5.74, 6) is 1.89. The number of hydrogen-bond donors (Lipinski definition) is 1. The van der Waals surface area contributed by atoms with Crippen LogP contribution in [0.1, 0.15) is 64.7 Å². The Kier molecular flexibility index (Phi) is 5.97. The summed E-state index contributed by atoms with van der Waals surface area (Å²) in [6.07, 6.45) is 12.4. The third-order valence-corrected chi connectivity index (χ3v) is 4.98. The van der Waals surface area contributed by atoms with E-state index in [0.29, 0.717) is 6.04 Å². The maximum Gasteiger partial charge on any atom is 0.00419 e. The predicted octanol–water partition coefficient (Wildman–Crippen LogP) is 3.41. The molecule has 2 heteroatoms. The van der Waals surface area contributed by atoms with Crippen molar-refractivity contribution in [1.82, 2.24) is 4.90 Å². The topological polar surface area (TPSA) is 29.3 Å². The van der Waals surface area contributed by atoms with E-state index in [-0.39, 0.29) is 0 Å². The molecule has 0 aromatic heterocycles. The number of rotatable bonds is 4. The second-order valence-electron chi connectivity index (χ2n) is 6.68. The van der Waals surface area contributed by atoms with E-state index in [1.807, 2.05) is 0 Å². The third-order valence-electron chi connectivity index (χ3n) is 4.98. The van der Waals surface area contributed by atoms with Crippen LogP contribution in [0.2, 0.25) is 0 Å². The molecule has 0 amide bonds. The Balaban J connectivity index is 1.72. The first-order chi connectivity index (χ1) is 8.78. The maximum atomic E-state index is 6.10. The highest BCUT2D eigenvalue weighted by molar-refractivity contribution is 4.79. The highest BCUT2D eigenvalue weighted by atomic mass is 15.1. The molecule has 0 aromatic rings. The van der Waals surface area contributed by atoms with E-state index < -0.39 is 0 Å². The average Bonchev–Trinajstić information content (AvgIpc) is 2.56. The third kappa shape index (κ3) is 4.55. The Morgan fingerprint density at radius 2 is 1.83 bits per heavy atom. The van der Waals surface area contributed by atoms with Crippen molar-refractivity contribution in [2.75, 3.05) is 19.6 Å². The van der Waals surface area contributed by atoms with Crippen LogP contribution < -0.4 is 5.73 Å². The normalized spacial score (nSPS) is 35.3. The Morgan fingerprint density at radius 1 is 1.00 bits per heavy atom. The van der Waals surface area contributed by atoms with E-state index in [2.05, 4.69) is 11.8 Å². The smallest absolute Gasteiger partial charge is 0.00419 e. The van der Waals surface area contributed by atoms with Crippen molar-refractivity contribution in [3.8, 4) is 0 Å². The monoisotopic (exact) mass is 252 g/mol. The van der Waals surface area contributed by atoms with E-state index >= 15 is 0 Å². The summed E-state index contributed by atoms with van der Waals surface area (Å²) in [5, 5.41) is 0. The van der Waals surface area contributed by atoms with Gasteiger partial charge in [0.25, 0.3) is 0 Å². The van der Waals surface area contributed by atoms with Gasteiger partial charge in [-0.2, -0.15) is 0 Å². The van der Waals surface area contributed by atoms with Gasteiger partial charge >= 0.3 is 0 Å². The van der Waals surface area contributed by atoms with E-state index in [1.165, 1.54) is 77.4 Å². The minimum Gasteiger partial charge on any atom is -0.328 e. The highest BCUT2D eigenvalue weighted by Crippen LogP contribution is 2.26. The number of nitrogens with zero attached hydrogens (tertiary/aromatic N) is 1. The van der Waals surface area contributed by atoms with Crippen LogP contribution in [0.3, 0.4) is 0 Å². The molecule has 0 radical (unpaired) electrons. The van der Waals surface area contributed by atoms with E-state index in [9.17, 15) is 0 Å².